The van der Waals surface area contributed by atoms with Crippen LogP contribution in [0.3, 0.4) is 0 Å². The Morgan fingerprint density at radius 1 is 1.04 bits per heavy atom. The van der Waals surface area contributed by atoms with Crippen LogP contribution in [-0.4, -0.2) is 38.3 Å². The van der Waals surface area contributed by atoms with Crippen LogP contribution in [0, 0.1) is 0 Å². The summed E-state index contributed by atoms with van der Waals surface area (Å²) in [5.74, 6) is 1.11. The molecule has 1 heterocycles. The minimum absolute atomic E-state index is 0.0434. The summed E-state index contributed by atoms with van der Waals surface area (Å²) in [5, 5.41) is 0.105. The number of fused-ring (bicyclic) bond motifs is 1. The fourth-order valence-corrected chi connectivity index (χ4v) is 5.76. The van der Waals surface area contributed by atoms with Gasteiger partial charge in [-0.15, -0.1) is 0 Å². The van der Waals surface area contributed by atoms with Crippen LogP contribution in [-0.2, 0) is 18.1 Å². The molecule has 0 unspecified atom stereocenters. The maximum absolute atomic E-state index is 12.5. The maximum atomic E-state index is 12.5. The van der Waals surface area contributed by atoms with E-state index >= 15 is 0 Å². The molecule has 0 atom stereocenters. The molecule has 0 fully saturated rings. The summed E-state index contributed by atoms with van der Waals surface area (Å²) in [5.41, 5.74) is 0.854. The molecule has 0 amide bonds. The van der Waals surface area contributed by atoms with E-state index in [1.807, 2.05) is 0 Å². The van der Waals surface area contributed by atoms with Gasteiger partial charge in [0.05, 0.1) is 16.3 Å². The summed E-state index contributed by atoms with van der Waals surface area (Å²) in [7, 11) is -3.71. The van der Waals surface area contributed by atoms with Crippen molar-refractivity contribution < 1.29 is 22.9 Å². The van der Waals surface area contributed by atoms with Crippen molar-refractivity contribution in [3.8, 4) is 0 Å². The summed E-state index contributed by atoms with van der Waals surface area (Å²) in [6.45, 7) is 10.3. The zero-order valence-electron chi connectivity index (χ0n) is 14.1. The van der Waals surface area contributed by atoms with Gasteiger partial charge >= 0.3 is 8.80 Å². The molecule has 0 radical (unpaired) electrons. The Bertz CT molecular complexity index is 727. The average Bonchev–Trinajstić information content (AvgIpc) is 3.03. The van der Waals surface area contributed by atoms with E-state index in [1.54, 1.807) is 47.5 Å². The van der Waals surface area contributed by atoms with Crippen molar-refractivity contribution in [2.24, 2.45) is 0 Å². The molecular weight excluding hydrogens is 316 g/mol. The summed E-state index contributed by atoms with van der Waals surface area (Å²) in [6, 6.07) is 0. The lowest BCUT2D eigenvalue weighted by molar-refractivity contribution is -0.0162. The second-order valence-corrected chi connectivity index (χ2v) is 8.80. The van der Waals surface area contributed by atoms with Crippen LogP contribution in [0.5, 0.6) is 0 Å². The summed E-state index contributed by atoms with van der Waals surface area (Å²) < 4.78 is 17.9. The molecule has 0 aliphatic carbocycles. The molecule has 124 valence electrons. The van der Waals surface area contributed by atoms with Gasteiger partial charge in [-0.2, -0.15) is 0 Å². The van der Waals surface area contributed by atoms with Crippen molar-refractivity contribution in [3.63, 3.8) is 0 Å². The van der Waals surface area contributed by atoms with Crippen LogP contribution in [0.15, 0.2) is 10.5 Å². The van der Waals surface area contributed by atoms with Crippen LogP contribution in [0.4, 0.5) is 0 Å². The highest BCUT2D eigenvalue weighted by Crippen LogP contribution is 2.41. The first-order chi connectivity index (χ1) is 10.6. The molecule has 1 aromatic carbocycles. The van der Waals surface area contributed by atoms with E-state index in [-0.39, 0.29) is 28.5 Å². The maximum Gasteiger partial charge on any atom is 0.548 e. The number of rotatable bonds is 4. The Kier molecular flexibility index (Phi) is 4.48. The van der Waals surface area contributed by atoms with Crippen molar-refractivity contribution >= 4 is 25.7 Å². The summed E-state index contributed by atoms with van der Waals surface area (Å²) in [4.78, 5) is 35.5. The fourth-order valence-electron chi connectivity index (χ4n) is 2.52. The van der Waals surface area contributed by atoms with Crippen LogP contribution in [0.1, 0.15) is 57.5 Å². The number of hydrogen-bond donors (Lipinski definition) is 0. The normalized spacial score (nSPS) is 19.7. The zero-order valence-corrected chi connectivity index (χ0v) is 15.1. The van der Waals surface area contributed by atoms with Gasteiger partial charge in [0, 0.05) is 12.2 Å². The van der Waals surface area contributed by atoms with Crippen molar-refractivity contribution in [1.82, 2.24) is 0 Å². The van der Waals surface area contributed by atoms with Gasteiger partial charge in [-0.1, -0.05) is 0 Å². The average molecular weight is 336 g/mol. The molecule has 6 nitrogen and oxygen atoms in total. The smallest absolute Gasteiger partial charge is 0.367 e. The third-order valence-corrected chi connectivity index (χ3v) is 6.65. The molecule has 0 aromatic heterocycles. The molecule has 0 saturated carbocycles. The van der Waals surface area contributed by atoms with Crippen LogP contribution < -0.4 is 5.43 Å². The highest BCUT2D eigenvalue weighted by atomic mass is 28.4. The van der Waals surface area contributed by atoms with Crippen LogP contribution in [0.2, 0.25) is 0 Å². The molecule has 0 spiro atoms. The van der Waals surface area contributed by atoms with Gasteiger partial charge in [0.15, 0.2) is 17.2 Å². The van der Waals surface area contributed by atoms with Gasteiger partial charge in [-0.3, -0.25) is 9.59 Å². The fraction of sp³-hybridized carbons (Fsp3) is 0.562. The van der Waals surface area contributed by atoms with E-state index in [4.69, 9.17) is 13.3 Å². The second kappa shape index (κ2) is 5.80. The lowest BCUT2D eigenvalue weighted by atomic mass is 10.0. The minimum Gasteiger partial charge on any atom is -0.367 e. The lowest BCUT2D eigenvalue weighted by Gasteiger charge is -2.37. The van der Waals surface area contributed by atoms with Gasteiger partial charge in [-0.05, 0) is 47.3 Å². The molecular formula is C16H20O6Si. The highest BCUT2D eigenvalue weighted by Gasteiger charge is 2.61. The van der Waals surface area contributed by atoms with E-state index in [9.17, 15) is 14.4 Å². The lowest BCUT2D eigenvalue weighted by Crippen LogP contribution is -2.56. The topological polar surface area (TPSA) is 78.9 Å². The molecule has 0 saturated heterocycles. The monoisotopic (exact) mass is 336 g/mol. The van der Waals surface area contributed by atoms with E-state index in [0.29, 0.717) is 0 Å². The summed E-state index contributed by atoms with van der Waals surface area (Å²) in [6.07, 6.45) is -0.600. The molecule has 1 aromatic rings. The SMILES string of the molecule is CC(C)O[Si]1(OC(C)C)OC(C)(C)C(=O)c2c(c2=O)C1=C=C=O. The quantitative estimate of drug-likeness (QED) is 0.472. The van der Waals surface area contributed by atoms with Crippen molar-refractivity contribution in [2.45, 2.75) is 59.4 Å². The summed E-state index contributed by atoms with van der Waals surface area (Å²) >= 11 is 0. The standard InChI is InChI=1S/C16H20O6Si/c1-9(2)20-23(21-10(3)4)11(7-8-17)12-13(14(12)18)15(19)16(5,6)22-23/h9-10H,1-6H3. The van der Waals surface area contributed by atoms with Crippen LogP contribution in [0.25, 0.3) is 5.20 Å². The number of Topliss-reactive ketones (excluding diaryl/α,β-unsaturated/α-hetero) is 1. The molecule has 0 N–H and O–H groups in total. The first-order valence-corrected chi connectivity index (χ1v) is 9.18. The number of hydrogen-bond acceptors (Lipinski definition) is 6. The second-order valence-electron chi connectivity index (χ2n) is 6.51. The predicted molar refractivity (Wildman–Crippen MR) is 85.4 cm³/mol. The molecule has 0 bridgehead atoms. The highest BCUT2D eigenvalue weighted by molar-refractivity contribution is 6.82. The molecule has 1 aliphatic rings. The third kappa shape index (κ3) is 3.08. The molecule has 1 aliphatic heterocycles. The van der Waals surface area contributed by atoms with E-state index in [1.165, 1.54) is 0 Å². The zero-order chi connectivity index (χ0) is 17.6. The first kappa shape index (κ1) is 17.8. The number of carbonyl (C=O) groups excluding carboxylic acids is 2. The Balaban J connectivity index is 2.75. The van der Waals surface area contributed by atoms with E-state index in [0.717, 1.165) is 0 Å². The largest absolute Gasteiger partial charge is 0.548 e. The predicted octanol–water partition coefficient (Wildman–Crippen LogP) is 1.61. The van der Waals surface area contributed by atoms with Crippen molar-refractivity contribution in [1.29, 1.82) is 0 Å². The van der Waals surface area contributed by atoms with Gasteiger partial charge in [-0.25, -0.2) is 4.79 Å². The Hall–Kier alpha value is -1.59. The Morgan fingerprint density at radius 2 is 1.57 bits per heavy atom. The third-order valence-electron chi connectivity index (χ3n) is 3.32. The van der Waals surface area contributed by atoms with Crippen molar-refractivity contribution in [3.05, 3.63) is 27.1 Å². The first-order valence-electron chi connectivity index (χ1n) is 7.46. The van der Waals surface area contributed by atoms with E-state index in [2.05, 4.69) is 5.73 Å². The van der Waals surface area contributed by atoms with Crippen molar-refractivity contribution in [2.75, 3.05) is 0 Å². The molecule has 7 heteroatoms. The minimum atomic E-state index is -3.71. The molecule has 23 heavy (non-hydrogen) atoms. The molecule has 2 rings (SSSR count). The number of carbonyl (C=O) groups is 1. The van der Waals surface area contributed by atoms with Gasteiger partial charge in [0.2, 0.25) is 0 Å². The Labute approximate surface area is 135 Å². The van der Waals surface area contributed by atoms with Crippen LogP contribution >= 0.6 is 0 Å². The van der Waals surface area contributed by atoms with E-state index < -0.39 is 25.6 Å². The van der Waals surface area contributed by atoms with Gasteiger partial charge in [0.25, 0.3) is 0 Å². The number of ketones is 1. The Morgan fingerprint density at radius 3 is 2.00 bits per heavy atom. The van der Waals surface area contributed by atoms with Gasteiger partial charge < -0.3 is 13.3 Å². The van der Waals surface area contributed by atoms with Gasteiger partial charge in [0.1, 0.15) is 5.60 Å².